The molecule has 1 saturated heterocycles. The van der Waals surface area contributed by atoms with Crippen molar-refractivity contribution in [3.05, 3.63) is 53.4 Å². The molecular formula is C22H21N3O6S2. The minimum atomic E-state index is -3.69. The van der Waals surface area contributed by atoms with Gasteiger partial charge in [-0.1, -0.05) is 6.07 Å². The average molecular weight is 488 g/mol. The number of nitrogens with one attached hydrogen (secondary N) is 1. The molecular weight excluding hydrogens is 466 g/mol. The van der Waals surface area contributed by atoms with E-state index in [2.05, 4.69) is 10.3 Å². The molecule has 172 valence electrons. The van der Waals surface area contributed by atoms with Gasteiger partial charge in [0.1, 0.15) is 13.2 Å². The number of carbonyl (C=O) groups is 1. The maximum Gasteiger partial charge on any atom is 0.257 e. The van der Waals surface area contributed by atoms with Crippen molar-refractivity contribution in [2.45, 2.75) is 4.90 Å². The van der Waals surface area contributed by atoms with Crippen LogP contribution in [0.25, 0.3) is 11.3 Å². The molecule has 0 spiro atoms. The Balaban J connectivity index is 1.32. The number of anilines is 1. The van der Waals surface area contributed by atoms with Gasteiger partial charge in [0.05, 0.1) is 23.8 Å². The van der Waals surface area contributed by atoms with Crippen molar-refractivity contribution >= 4 is 32.4 Å². The van der Waals surface area contributed by atoms with Crippen LogP contribution in [-0.2, 0) is 14.8 Å². The second-order valence-electron chi connectivity index (χ2n) is 7.39. The van der Waals surface area contributed by atoms with Gasteiger partial charge in [-0.15, -0.1) is 11.3 Å². The van der Waals surface area contributed by atoms with Gasteiger partial charge in [0.15, 0.2) is 16.6 Å². The van der Waals surface area contributed by atoms with Crippen LogP contribution in [0.4, 0.5) is 5.13 Å². The van der Waals surface area contributed by atoms with Gasteiger partial charge in [-0.2, -0.15) is 4.31 Å². The van der Waals surface area contributed by atoms with Crippen LogP contribution in [0.5, 0.6) is 11.5 Å². The highest BCUT2D eigenvalue weighted by atomic mass is 32.2. The van der Waals surface area contributed by atoms with Gasteiger partial charge >= 0.3 is 0 Å². The molecule has 3 heterocycles. The van der Waals surface area contributed by atoms with E-state index in [-0.39, 0.29) is 10.5 Å². The summed E-state index contributed by atoms with van der Waals surface area (Å²) < 4.78 is 43.5. The second kappa shape index (κ2) is 9.10. The molecule has 0 unspecified atom stereocenters. The smallest absolute Gasteiger partial charge is 0.257 e. The highest BCUT2D eigenvalue weighted by Gasteiger charge is 2.27. The van der Waals surface area contributed by atoms with Crippen LogP contribution in [0.2, 0.25) is 0 Å². The van der Waals surface area contributed by atoms with Gasteiger partial charge in [0.2, 0.25) is 10.0 Å². The van der Waals surface area contributed by atoms with Gasteiger partial charge in [0.25, 0.3) is 5.91 Å². The lowest BCUT2D eigenvalue weighted by Gasteiger charge is -2.26. The van der Waals surface area contributed by atoms with Crippen LogP contribution in [0.1, 0.15) is 10.4 Å². The predicted molar refractivity (Wildman–Crippen MR) is 123 cm³/mol. The standard InChI is InChI=1S/C22H21N3O6S2/c26-21(16-2-1-3-17(12-16)33(27,28)25-6-8-29-9-7-25)24-22-23-18(14-32-22)15-4-5-19-20(13-15)31-11-10-30-19/h1-5,12-14H,6-11H2,(H,23,24,26). The van der Waals surface area contributed by atoms with Crippen LogP contribution in [0.3, 0.4) is 0 Å². The zero-order valence-electron chi connectivity index (χ0n) is 17.5. The number of ether oxygens (including phenoxy) is 3. The number of hydrogen-bond donors (Lipinski definition) is 1. The highest BCUT2D eigenvalue weighted by molar-refractivity contribution is 7.89. The fourth-order valence-corrected chi connectivity index (χ4v) is 5.74. The van der Waals surface area contributed by atoms with E-state index in [0.29, 0.717) is 61.8 Å². The maximum atomic E-state index is 12.9. The summed E-state index contributed by atoms with van der Waals surface area (Å²) in [6.07, 6.45) is 0. The van der Waals surface area contributed by atoms with Crippen LogP contribution >= 0.6 is 11.3 Å². The molecule has 1 amide bonds. The highest BCUT2D eigenvalue weighted by Crippen LogP contribution is 2.35. The van der Waals surface area contributed by atoms with Crippen LogP contribution in [0, 0.1) is 0 Å². The third kappa shape index (κ3) is 4.58. The van der Waals surface area contributed by atoms with E-state index >= 15 is 0 Å². The van der Waals surface area contributed by atoms with E-state index in [0.717, 1.165) is 5.56 Å². The summed E-state index contributed by atoms with van der Waals surface area (Å²) in [5.41, 5.74) is 1.77. The second-order valence-corrected chi connectivity index (χ2v) is 10.2. The minimum Gasteiger partial charge on any atom is -0.486 e. The number of rotatable bonds is 5. The number of aromatic nitrogens is 1. The summed E-state index contributed by atoms with van der Waals surface area (Å²) in [5, 5.41) is 5.00. The van der Waals surface area contributed by atoms with Crippen molar-refractivity contribution in [2.24, 2.45) is 0 Å². The number of benzene rings is 2. The van der Waals surface area contributed by atoms with Crippen molar-refractivity contribution in [3.8, 4) is 22.8 Å². The average Bonchev–Trinajstić information content (AvgIpc) is 3.33. The zero-order chi connectivity index (χ0) is 22.8. The topological polar surface area (TPSA) is 107 Å². The number of thiazole rings is 1. The van der Waals surface area contributed by atoms with Crippen LogP contribution < -0.4 is 14.8 Å². The van der Waals surface area contributed by atoms with Gasteiger partial charge in [-0.05, 0) is 36.4 Å². The fraction of sp³-hybridized carbons (Fsp3) is 0.273. The Hall–Kier alpha value is -2.99. The third-order valence-corrected chi connectivity index (χ3v) is 7.92. The lowest BCUT2D eigenvalue weighted by molar-refractivity contribution is 0.0730. The number of carbonyl (C=O) groups excluding carboxylic acids is 1. The van der Waals surface area contributed by atoms with E-state index in [1.54, 1.807) is 12.1 Å². The molecule has 0 saturated carbocycles. The molecule has 0 bridgehead atoms. The zero-order valence-corrected chi connectivity index (χ0v) is 19.2. The van der Waals surface area contributed by atoms with Crippen LogP contribution in [0.15, 0.2) is 52.7 Å². The van der Waals surface area contributed by atoms with Gasteiger partial charge in [-0.3, -0.25) is 10.1 Å². The Morgan fingerprint density at radius 3 is 2.61 bits per heavy atom. The summed E-state index contributed by atoms with van der Waals surface area (Å²) in [5.74, 6) is 0.924. The van der Waals surface area contributed by atoms with Crippen molar-refractivity contribution in [1.29, 1.82) is 0 Å². The quantitative estimate of drug-likeness (QED) is 0.590. The molecule has 0 radical (unpaired) electrons. The summed E-state index contributed by atoms with van der Waals surface area (Å²) in [6.45, 7) is 2.31. The van der Waals surface area contributed by atoms with E-state index in [1.165, 1.54) is 27.8 Å². The summed E-state index contributed by atoms with van der Waals surface area (Å²) in [4.78, 5) is 17.4. The Labute approximate surface area is 195 Å². The predicted octanol–water partition coefficient (Wildman–Crippen LogP) is 2.85. The van der Waals surface area contributed by atoms with Crippen molar-refractivity contribution < 1.29 is 27.4 Å². The molecule has 2 aromatic carbocycles. The molecule has 0 aliphatic carbocycles. The molecule has 2 aliphatic rings. The molecule has 5 rings (SSSR count). The number of hydrogen-bond acceptors (Lipinski definition) is 8. The molecule has 1 aromatic heterocycles. The van der Waals surface area contributed by atoms with Crippen molar-refractivity contribution in [3.63, 3.8) is 0 Å². The lowest BCUT2D eigenvalue weighted by atomic mass is 10.1. The maximum absolute atomic E-state index is 12.9. The van der Waals surface area contributed by atoms with Crippen LogP contribution in [-0.4, -0.2) is 63.1 Å². The first kappa shape index (κ1) is 21.8. The molecule has 1 fully saturated rings. The van der Waals surface area contributed by atoms with Gasteiger partial charge in [0, 0.05) is 29.6 Å². The minimum absolute atomic E-state index is 0.0770. The normalized spacial score (nSPS) is 16.4. The Kier molecular flexibility index (Phi) is 6.02. The first-order valence-electron chi connectivity index (χ1n) is 10.4. The van der Waals surface area contributed by atoms with E-state index < -0.39 is 15.9 Å². The van der Waals surface area contributed by atoms with Gasteiger partial charge in [-0.25, -0.2) is 13.4 Å². The number of fused-ring (bicyclic) bond motifs is 1. The van der Waals surface area contributed by atoms with Crippen molar-refractivity contribution in [2.75, 3.05) is 44.8 Å². The SMILES string of the molecule is O=C(Nc1nc(-c2ccc3c(c2)OCCO3)cs1)c1cccc(S(=O)(=O)N2CCOCC2)c1. The first-order chi connectivity index (χ1) is 16.0. The molecule has 11 heteroatoms. The monoisotopic (exact) mass is 487 g/mol. The first-order valence-corrected chi connectivity index (χ1v) is 12.7. The Morgan fingerprint density at radius 1 is 1.00 bits per heavy atom. The third-order valence-electron chi connectivity index (χ3n) is 5.27. The molecule has 0 atom stereocenters. The van der Waals surface area contributed by atoms with Crippen molar-refractivity contribution in [1.82, 2.24) is 9.29 Å². The van der Waals surface area contributed by atoms with E-state index in [9.17, 15) is 13.2 Å². The Morgan fingerprint density at radius 2 is 1.79 bits per heavy atom. The fourth-order valence-electron chi connectivity index (χ4n) is 3.57. The molecule has 33 heavy (non-hydrogen) atoms. The van der Waals surface area contributed by atoms with E-state index in [4.69, 9.17) is 14.2 Å². The summed E-state index contributed by atoms with van der Waals surface area (Å²) in [7, 11) is -3.69. The molecule has 1 N–H and O–H groups in total. The number of nitrogens with zero attached hydrogens (tertiary/aromatic N) is 2. The summed E-state index contributed by atoms with van der Waals surface area (Å²) in [6, 6.07) is 11.6. The largest absolute Gasteiger partial charge is 0.486 e. The molecule has 2 aliphatic heterocycles. The summed E-state index contributed by atoms with van der Waals surface area (Å²) >= 11 is 1.28. The van der Waals surface area contributed by atoms with Gasteiger partial charge < -0.3 is 14.2 Å². The number of amides is 1. The lowest BCUT2D eigenvalue weighted by Crippen LogP contribution is -2.40. The Bertz CT molecular complexity index is 1280. The number of morpholine rings is 1. The molecule has 9 nitrogen and oxygen atoms in total. The molecule has 3 aromatic rings. The van der Waals surface area contributed by atoms with E-state index in [1.807, 2.05) is 23.6 Å². The number of sulfonamides is 1.